The van der Waals surface area contributed by atoms with Crippen molar-refractivity contribution in [3.8, 4) is 0 Å². The lowest BCUT2D eigenvalue weighted by Gasteiger charge is -1.65. The van der Waals surface area contributed by atoms with Gasteiger partial charge in [-0.25, -0.2) is 0 Å². The molecule has 0 fully saturated rings. The topological polar surface area (TPSA) is 20.2 Å². The van der Waals surface area contributed by atoms with Crippen molar-refractivity contribution in [2.75, 3.05) is 6.61 Å². The maximum absolute atomic E-state index is 7.95. The molecule has 0 aliphatic heterocycles. The molecule has 0 aromatic rings. The van der Waals surface area contributed by atoms with Gasteiger partial charge in [0.1, 0.15) is 0 Å². The summed E-state index contributed by atoms with van der Waals surface area (Å²) in [6.07, 6.45) is 1.60. The molecule has 0 atom stereocenters. The molecule has 0 aromatic carbocycles. The Kier molecular flexibility index (Phi) is 4.33. The van der Waals surface area contributed by atoms with E-state index in [1.165, 1.54) is 0 Å². The molecule has 0 unspecified atom stereocenters. The first-order valence-electron chi connectivity index (χ1n) is 1.28. The molecule has 5 heavy (non-hydrogen) atoms. The van der Waals surface area contributed by atoms with Crippen molar-refractivity contribution in [2.45, 2.75) is 0 Å². The summed E-state index contributed by atoms with van der Waals surface area (Å²) >= 11 is 2.97. The first-order valence-corrected chi connectivity index (χ1v) is 2.19. The molecular weight excluding hydrogens is 132 g/mol. The van der Waals surface area contributed by atoms with E-state index in [4.69, 9.17) is 5.11 Å². The summed E-state index contributed by atoms with van der Waals surface area (Å²) in [7, 11) is 0. The van der Waals surface area contributed by atoms with Gasteiger partial charge in [-0.3, -0.25) is 0 Å². The lowest BCUT2D eigenvalue weighted by Crippen LogP contribution is -1.64. The van der Waals surface area contributed by atoms with E-state index in [1.807, 2.05) is 0 Å². The Morgan fingerprint density at radius 3 is 2.40 bits per heavy atom. The zero-order chi connectivity index (χ0) is 4.12. The molecule has 0 rings (SSSR count). The Hall–Kier alpha value is 0.180. The first-order chi connectivity index (χ1) is 2.41. The van der Waals surface area contributed by atoms with E-state index < -0.39 is 0 Å². The Morgan fingerprint density at radius 2 is 2.40 bits per heavy atom. The molecule has 0 aliphatic carbocycles. The maximum Gasteiger partial charge on any atom is 0.0620 e. The average molecular weight is 137 g/mol. The average Bonchev–Trinajstić information content (AvgIpc) is 1.41. The highest BCUT2D eigenvalue weighted by atomic mass is 79.9. The molecule has 0 saturated carbocycles. The summed E-state index contributed by atoms with van der Waals surface area (Å²) < 4.78 is 0. The second kappa shape index (κ2) is 4.18. The van der Waals surface area contributed by atoms with Gasteiger partial charge in [-0.15, -0.1) is 0 Å². The molecule has 0 saturated heterocycles. The van der Waals surface area contributed by atoms with E-state index in [1.54, 1.807) is 11.1 Å². The summed E-state index contributed by atoms with van der Waals surface area (Å²) in [5, 5.41) is 7.95. The van der Waals surface area contributed by atoms with Crippen molar-refractivity contribution >= 4 is 15.9 Å². The smallest absolute Gasteiger partial charge is 0.0620 e. The molecule has 1 nitrogen and oxygen atoms in total. The van der Waals surface area contributed by atoms with Crippen LogP contribution in [-0.2, 0) is 0 Å². The van der Waals surface area contributed by atoms with Crippen molar-refractivity contribution in [2.24, 2.45) is 0 Å². The lowest BCUT2D eigenvalue weighted by atomic mass is 10.7. The van der Waals surface area contributed by atoms with E-state index in [0.29, 0.717) is 0 Å². The largest absolute Gasteiger partial charge is 0.392 e. The van der Waals surface area contributed by atoms with Crippen LogP contribution in [0.4, 0.5) is 0 Å². The summed E-state index contributed by atoms with van der Waals surface area (Å²) in [4.78, 5) is 1.62. The Balaban J connectivity index is 2.62. The monoisotopic (exact) mass is 136 g/mol. The number of aliphatic hydroxyl groups is 1. The third kappa shape index (κ3) is 4.18. The molecule has 1 N–H and O–H groups in total. The Morgan fingerprint density at radius 1 is 1.80 bits per heavy atom. The minimum Gasteiger partial charge on any atom is -0.392 e. The van der Waals surface area contributed by atoms with Crippen molar-refractivity contribution in [3.63, 3.8) is 0 Å². The molecule has 0 aliphatic rings. The normalized spacial score (nSPS) is 10.0. The fourth-order valence-corrected chi connectivity index (χ4v) is 0.207. The van der Waals surface area contributed by atoms with Crippen LogP contribution in [0.15, 0.2) is 11.1 Å². The van der Waals surface area contributed by atoms with E-state index in [-0.39, 0.29) is 6.61 Å². The van der Waals surface area contributed by atoms with Gasteiger partial charge in [0.05, 0.1) is 6.61 Å². The zero-order valence-corrected chi connectivity index (χ0v) is 4.27. The maximum atomic E-state index is 7.95. The van der Waals surface area contributed by atoms with Crippen LogP contribution in [0.1, 0.15) is 0 Å². The van der Waals surface area contributed by atoms with Gasteiger partial charge in [0.25, 0.3) is 0 Å². The fraction of sp³-hybridized carbons (Fsp3) is 0.333. The Bertz CT molecular complexity index is 33.9. The van der Waals surface area contributed by atoms with Crippen LogP contribution in [0.25, 0.3) is 0 Å². The van der Waals surface area contributed by atoms with Crippen LogP contribution in [0.3, 0.4) is 0 Å². The van der Waals surface area contributed by atoms with Gasteiger partial charge in [0, 0.05) is 0 Å². The number of rotatable bonds is 1. The van der Waals surface area contributed by atoms with Crippen molar-refractivity contribution < 1.29 is 5.11 Å². The van der Waals surface area contributed by atoms with Gasteiger partial charge >= 0.3 is 0 Å². The SMILES string of the molecule is OCC=CBr. The van der Waals surface area contributed by atoms with Crippen molar-refractivity contribution in [1.82, 2.24) is 0 Å². The highest BCUT2D eigenvalue weighted by molar-refractivity contribution is 9.11. The van der Waals surface area contributed by atoms with E-state index in [0.717, 1.165) is 0 Å². The van der Waals surface area contributed by atoms with Gasteiger partial charge in [-0.1, -0.05) is 22.0 Å². The summed E-state index contributed by atoms with van der Waals surface area (Å²) in [6.45, 7) is 0.116. The predicted octanol–water partition coefficient (Wildman–Crippen LogP) is 0.887. The van der Waals surface area contributed by atoms with Crippen molar-refractivity contribution in [3.05, 3.63) is 11.1 Å². The van der Waals surface area contributed by atoms with E-state index in [9.17, 15) is 0 Å². The highest BCUT2D eigenvalue weighted by Gasteiger charge is 1.54. The van der Waals surface area contributed by atoms with E-state index in [2.05, 4.69) is 15.9 Å². The first kappa shape index (κ1) is 5.18. The van der Waals surface area contributed by atoms with Crippen LogP contribution in [0.2, 0.25) is 0 Å². The van der Waals surface area contributed by atoms with Gasteiger partial charge < -0.3 is 5.11 Å². The molecule has 0 radical (unpaired) electrons. The van der Waals surface area contributed by atoms with Gasteiger partial charge in [-0.2, -0.15) is 0 Å². The van der Waals surface area contributed by atoms with Crippen LogP contribution in [0.5, 0.6) is 0 Å². The summed E-state index contributed by atoms with van der Waals surface area (Å²) in [6, 6.07) is 0. The second-order valence-corrected chi connectivity index (χ2v) is 1.07. The van der Waals surface area contributed by atoms with Crippen LogP contribution in [-0.4, -0.2) is 11.7 Å². The number of halogens is 1. The lowest BCUT2D eigenvalue weighted by molar-refractivity contribution is 0.343. The van der Waals surface area contributed by atoms with Gasteiger partial charge in [0.15, 0.2) is 0 Å². The molecule has 0 spiro atoms. The predicted molar refractivity (Wildman–Crippen MR) is 25.2 cm³/mol. The third-order valence-corrected chi connectivity index (χ3v) is 0.568. The molecular formula is C3H5BrO. The number of hydrogen-bond acceptors (Lipinski definition) is 1. The minimum absolute atomic E-state index is 0.116. The fourth-order valence-electron chi connectivity index (χ4n) is 0.0398. The van der Waals surface area contributed by atoms with Crippen LogP contribution in [0, 0.1) is 0 Å². The second-order valence-electron chi connectivity index (χ2n) is 0.544. The van der Waals surface area contributed by atoms with Gasteiger partial charge in [-0.05, 0) is 4.99 Å². The third-order valence-electron chi connectivity index (χ3n) is 0.194. The number of hydrogen-bond donors (Lipinski definition) is 1. The molecule has 0 bridgehead atoms. The summed E-state index contributed by atoms with van der Waals surface area (Å²) in [5.41, 5.74) is 0. The van der Waals surface area contributed by atoms with Crippen LogP contribution >= 0.6 is 15.9 Å². The minimum atomic E-state index is 0.116. The Labute approximate surface area is 39.4 Å². The van der Waals surface area contributed by atoms with Gasteiger partial charge in [0.2, 0.25) is 0 Å². The number of aliphatic hydroxyl groups excluding tert-OH is 1. The molecule has 0 amide bonds. The van der Waals surface area contributed by atoms with E-state index >= 15 is 0 Å². The molecule has 0 heterocycles. The molecule has 30 valence electrons. The standard InChI is InChI=1S/C3H5BrO/c4-2-1-3-5/h1-2,5H,3H2. The molecule has 0 aromatic heterocycles. The van der Waals surface area contributed by atoms with Crippen molar-refractivity contribution in [1.29, 1.82) is 0 Å². The highest BCUT2D eigenvalue weighted by Crippen LogP contribution is 1.77. The summed E-state index contributed by atoms with van der Waals surface area (Å²) in [5.74, 6) is 0. The molecule has 2 heteroatoms. The van der Waals surface area contributed by atoms with Crippen LogP contribution < -0.4 is 0 Å². The zero-order valence-electron chi connectivity index (χ0n) is 2.69. The quantitative estimate of drug-likeness (QED) is 0.568.